The van der Waals surface area contributed by atoms with Crippen molar-refractivity contribution in [1.29, 1.82) is 0 Å². The molecule has 0 spiro atoms. The molecule has 1 aliphatic carbocycles. The molecule has 0 saturated heterocycles. The molecule has 19 heavy (non-hydrogen) atoms. The minimum atomic E-state index is 0.228. The smallest absolute Gasteiger partial charge is 0.178 e. The first-order chi connectivity index (χ1) is 9.15. The molecule has 1 heterocycles. The SMILES string of the molecule is CCCNCC(=O)c1cc(C)n(C2CCCC2)c1C. The average molecular weight is 262 g/mol. The molecule has 3 heteroatoms. The predicted octanol–water partition coefficient (Wildman–Crippen LogP) is 3.40. The van der Waals surface area contributed by atoms with Gasteiger partial charge in [-0.3, -0.25) is 4.79 Å². The predicted molar refractivity (Wildman–Crippen MR) is 78.9 cm³/mol. The molecule has 106 valence electrons. The van der Waals surface area contributed by atoms with E-state index in [0.29, 0.717) is 12.6 Å². The van der Waals surface area contributed by atoms with Crippen molar-refractivity contribution in [2.45, 2.75) is 58.9 Å². The van der Waals surface area contributed by atoms with Crippen molar-refractivity contribution >= 4 is 5.78 Å². The second-order valence-corrected chi connectivity index (χ2v) is 5.69. The van der Waals surface area contributed by atoms with Crippen LogP contribution in [0.5, 0.6) is 0 Å². The molecular weight excluding hydrogens is 236 g/mol. The van der Waals surface area contributed by atoms with Crippen LogP contribution in [-0.4, -0.2) is 23.4 Å². The number of nitrogens with zero attached hydrogens (tertiary/aromatic N) is 1. The molecular formula is C16H26N2O. The van der Waals surface area contributed by atoms with Gasteiger partial charge in [0.2, 0.25) is 0 Å². The summed E-state index contributed by atoms with van der Waals surface area (Å²) in [6, 6.07) is 2.69. The van der Waals surface area contributed by atoms with Crippen LogP contribution in [0, 0.1) is 13.8 Å². The fraction of sp³-hybridized carbons (Fsp3) is 0.688. The number of rotatable bonds is 6. The third kappa shape index (κ3) is 3.08. The van der Waals surface area contributed by atoms with E-state index in [0.717, 1.165) is 24.2 Å². The number of carbonyl (C=O) groups excluding carboxylic acids is 1. The standard InChI is InChI=1S/C16H26N2O/c1-4-9-17-11-16(19)15-10-12(2)18(13(15)3)14-7-5-6-8-14/h10,14,17H,4-9,11H2,1-3H3. The Labute approximate surface area is 116 Å². The number of nitrogens with one attached hydrogen (secondary N) is 1. The van der Waals surface area contributed by atoms with E-state index in [1.807, 2.05) is 0 Å². The summed E-state index contributed by atoms with van der Waals surface area (Å²) in [6.45, 7) is 7.71. The van der Waals surface area contributed by atoms with Crippen LogP contribution in [0.2, 0.25) is 0 Å². The van der Waals surface area contributed by atoms with Crippen molar-refractivity contribution < 1.29 is 4.79 Å². The highest BCUT2D eigenvalue weighted by Gasteiger charge is 2.23. The summed E-state index contributed by atoms with van der Waals surface area (Å²) in [6.07, 6.45) is 6.23. The van der Waals surface area contributed by atoms with Gasteiger partial charge in [0.15, 0.2) is 5.78 Å². The quantitative estimate of drug-likeness (QED) is 0.630. The number of hydrogen-bond donors (Lipinski definition) is 1. The van der Waals surface area contributed by atoms with E-state index >= 15 is 0 Å². The lowest BCUT2D eigenvalue weighted by atomic mass is 10.1. The van der Waals surface area contributed by atoms with E-state index in [9.17, 15) is 4.79 Å². The highest BCUT2D eigenvalue weighted by Crippen LogP contribution is 2.33. The van der Waals surface area contributed by atoms with Crippen LogP contribution in [0.15, 0.2) is 6.07 Å². The minimum Gasteiger partial charge on any atom is -0.345 e. The van der Waals surface area contributed by atoms with Crippen molar-refractivity contribution in [2.75, 3.05) is 13.1 Å². The molecule has 1 N–H and O–H groups in total. The van der Waals surface area contributed by atoms with Gasteiger partial charge in [-0.25, -0.2) is 0 Å². The average Bonchev–Trinajstić information content (AvgIpc) is 2.98. The molecule has 1 fully saturated rings. The van der Waals surface area contributed by atoms with E-state index in [-0.39, 0.29) is 5.78 Å². The number of ketones is 1. The van der Waals surface area contributed by atoms with Gasteiger partial charge in [-0.2, -0.15) is 0 Å². The van der Waals surface area contributed by atoms with Crippen molar-refractivity contribution in [2.24, 2.45) is 0 Å². The van der Waals surface area contributed by atoms with E-state index in [1.165, 1.54) is 31.4 Å². The Morgan fingerprint density at radius 2 is 2.05 bits per heavy atom. The minimum absolute atomic E-state index is 0.228. The van der Waals surface area contributed by atoms with Crippen LogP contribution in [0.1, 0.15) is 66.8 Å². The number of aromatic nitrogens is 1. The van der Waals surface area contributed by atoms with Gasteiger partial charge in [0, 0.05) is 23.0 Å². The van der Waals surface area contributed by atoms with Crippen LogP contribution < -0.4 is 5.32 Å². The molecule has 0 radical (unpaired) electrons. The molecule has 2 rings (SSSR count). The summed E-state index contributed by atoms with van der Waals surface area (Å²) in [4.78, 5) is 12.2. The Hall–Kier alpha value is -1.09. The first kappa shape index (κ1) is 14.3. The molecule has 0 amide bonds. The van der Waals surface area contributed by atoms with E-state index < -0.39 is 0 Å². The van der Waals surface area contributed by atoms with Crippen molar-refractivity contribution in [3.8, 4) is 0 Å². The first-order valence-corrected chi connectivity index (χ1v) is 7.57. The molecule has 0 atom stereocenters. The van der Waals surface area contributed by atoms with Crippen LogP contribution in [0.3, 0.4) is 0 Å². The zero-order chi connectivity index (χ0) is 13.8. The Morgan fingerprint density at radius 1 is 1.37 bits per heavy atom. The lowest BCUT2D eigenvalue weighted by Gasteiger charge is -2.17. The summed E-state index contributed by atoms with van der Waals surface area (Å²) in [5.74, 6) is 0.228. The van der Waals surface area contributed by atoms with E-state index in [2.05, 4.69) is 36.7 Å². The molecule has 1 aliphatic rings. The molecule has 1 aromatic rings. The molecule has 0 aromatic carbocycles. The Kier molecular flexibility index (Phi) is 4.81. The van der Waals surface area contributed by atoms with Gasteiger partial charge in [-0.1, -0.05) is 19.8 Å². The van der Waals surface area contributed by atoms with Gasteiger partial charge < -0.3 is 9.88 Å². The van der Waals surface area contributed by atoms with Crippen LogP contribution >= 0.6 is 0 Å². The third-order valence-electron chi connectivity index (χ3n) is 4.19. The van der Waals surface area contributed by atoms with Gasteiger partial charge >= 0.3 is 0 Å². The second-order valence-electron chi connectivity index (χ2n) is 5.69. The third-order valence-corrected chi connectivity index (χ3v) is 4.19. The van der Waals surface area contributed by atoms with Gasteiger partial charge in [-0.15, -0.1) is 0 Å². The van der Waals surface area contributed by atoms with Crippen LogP contribution in [0.25, 0.3) is 0 Å². The number of hydrogen-bond acceptors (Lipinski definition) is 2. The van der Waals surface area contributed by atoms with Gasteiger partial charge in [0.1, 0.15) is 0 Å². The zero-order valence-electron chi connectivity index (χ0n) is 12.5. The maximum atomic E-state index is 12.2. The largest absolute Gasteiger partial charge is 0.345 e. The van der Waals surface area contributed by atoms with Gasteiger partial charge in [-0.05, 0) is 45.7 Å². The molecule has 0 bridgehead atoms. The van der Waals surface area contributed by atoms with Crippen molar-refractivity contribution in [3.05, 3.63) is 23.0 Å². The molecule has 0 unspecified atom stereocenters. The normalized spacial score (nSPS) is 16.2. The Morgan fingerprint density at radius 3 is 2.68 bits per heavy atom. The maximum absolute atomic E-state index is 12.2. The molecule has 0 aliphatic heterocycles. The zero-order valence-corrected chi connectivity index (χ0v) is 12.5. The lowest BCUT2D eigenvalue weighted by molar-refractivity contribution is 0.0990. The van der Waals surface area contributed by atoms with Crippen molar-refractivity contribution in [1.82, 2.24) is 9.88 Å². The summed E-state index contributed by atoms with van der Waals surface area (Å²) >= 11 is 0. The Bertz CT molecular complexity index is 442. The number of carbonyl (C=O) groups is 1. The number of Topliss-reactive ketones (excluding diaryl/α,β-unsaturated/α-hetero) is 1. The van der Waals surface area contributed by atoms with Gasteiger partial charge in [0.05, 0.1) is 6.54 Å². The van der Waals surface area contributed by atoms with E-state index in [1.54, 1.807) is 0 Å². The van der Waals surface area contributed by atoms with Crippen LogP contribution in [-0.2, 0) is 0 Å². The highest BCUT2D eigenvalue weighted by atomic mass is 16.1. The summed E-state index contributed by atoms with van der Waals surface area (Å²) < 4.78 is 2.39. The van der Waals surface area contributed by atoms with E-state index in [4.69, 9.17) is 0 Å². The topological polar surface area (TPSA) is 34.0 Å². The molecule has 1 saturated carbocycles. The van der Waals surface area contributed by atoms with Crippen LogP contribution in [0.4, 0.5) is 0 Å². The summed E-state index contributed by atoms with van der Waals surface area (Å²) in [7, 11) is 0. The fourth-order valence-corrected chi connectivity index (χ4v) is 3.26. The Balaban J connectivity index is 2.13. The second kappa shape index (κ2) is 6.38. The maximum Gasteiger partial charge on any atom is 0.178 e. The highest BCUT2D eigenvalue weighted by molar-refractivity contribution is 5.99. The fourth-order valence-electron chi connectivity index (χ4n) is 3.26. The summed E-state index contributed by atoms with van der Waals surface area (Å²) in [5.41, 5.74) is 3.31. The summed E-state index contributed by atoms with van der Waals surface area (Å²) in [5, 5.41) is 3.20. The van der Waals surface area contributed by atoms with Crippen molar-refractivity contribution in [3.63, 3.8) is 0 Å². The molecule has 3 nitrogen and oxygen atoms in total. The first-order valence-electron chi connectivity index (χ1n) is 7.57. The monoisotopic (exact) mass is 262 g/mol. The lowest BCUT2D eigenvalue weighted by Crippen LogP contribution is -2.24. The molecule has 1 aromatic heterocycles. The van der Waals surface area contributed by atoms with Gasteiger partial charge in [0.25, 0.3) is 0 Å². The number of aryl methyl sites for hydroxylation is 1.